The fourth-order valence-electron chi connectivity index (χ4n) is 4.72. The fraction of sp³-hybridized carbons (Fsp3) is 0.400. The van der Waals surface area contributed by atoms with Gasteiger partial charge in [0.15, 0.2) is 0 Å². The number of methoxy groups -OCH3 is 1. The van der Waals surface area contributed by atoms with Gasteiger partial charge < -0.3 is 24.6 Å². The molecule has 1 aliphatic heterocycles. The van der Waals surface area contributed by atoms with Crippen LogP contribution in [0.15, 0.2) is 54.7 Å². The minimum Gasteiger partial charge on any atom is -0.497 e. The number of fused-ring (bicyclic) bond motifs is 1. The molecule has 4 rings (SSSR count). The molecule has 2 unspecified atom stereocenters. The van der Waals surface area contributed by atoms with E-state index in [4.69, 9.17) is 4.74 Å². The smallest absolute Gasteiger partial charge is 0.227 e. The van der Waals surface area contributed by atoms with Crippen LogP contribution >= 0.6 is 0 Å². The van der Waals surface area contributed by atoms with Crippen LogP contribution in [0.1, 0.15) is 17.5 Å². The Labute approximate surface area is 183 Å². The van der Waals surface area contributed by atoms with E-state index in [0.717, 1.165) is 27.8 Å². The molecule has 6 nitrogen and oxygen atoms in total. The van der Waals surface area contributed by atoms with Crippen molar-refractivity contribution in [1.82, 2.24) is 14.8 Å². The van der Waals surface area contributed by atoms with Crippen LogP contribution in [0.5, 0.6) is 5.75 Å². The van der Waals surface area contributed by atoms with E-state index in [0.29, 0.717) is 32.5 Å². The second-order valence-corrected chi connectivity index (χ2v) is 8.74. The first-order valence-corrected chi connectivity index (χ1v) is 10.7. The molecular weight excluding hydrogens is 390 g/mol. The average molecular weight is 422 g/mol. The predicted molar refractivity (Wildman–Crippen MR) is 122 cm³/mol. The van der Waals surface area contributed by atoms with Crippen LogP contribution in [-0.2, 0) is 16.8 Å². The van der Waals surface area contributed by atoms with E-state index in [9.17, 15) is 9.90 Å². The number of aliphatic hydroxyl groups is 1. The molecule has 1 aliphatic rings. The Hall–Kier alpha value is -2.83. The van der Waals surface area contributed by atoms with Gasteiger partial charge in [0.2, 0.25) is 5.91 Å². The number of H-pyrrole nitrogens is 1. The van der Waals surface area contributed by atoms with E-state index in [2.05, 4.69) is 9.88 Å². The van der Waals surface area contributed by atoms with E-state index in [1.54, 1.807) is 7.11 Å². The SMILES string of the molecule is COc1cccc(C2(O)CCN(C(=O)Cc3c[nH]c4ccccc34)CC2CN(C)C)c1. The molecule has 1 saturated heterocycles. The number of benzene rings is 2. The van der Waals surface area contributed by atoms with Crippen LogP contribution in [-0.4, -0.2) is 66.6 Å². The summed E-state index contributed by atoms with van der Waals surface area (Å²) in [6, 6.07) is 15.7. The number of hydrogen-bond donors (Lipinski definition) is 2. The Morgan fingerprint density at radius 3 is 2.84 bits per heavy atom. The lowest BCUT2D eigenvalue weighted by Gasteiger charge is -2.46. The quantitative estimate of drug-likeness (QED) is 0.642. The molecule has 2 aromatic carbocycles. The van der Waals surface area contributed by atoms with Crippen molar-refractivity contribution in [2.75, 3.05) is 40.8 Å². The summed E-state index contributed by atoms with van der Waals surface area (Å²) in [4.78, 5) is 20.4. The van der Waals surface area contributed by atoms with Gasteiger partial charge in [0.25, 0.3) is 0 Å². The highest BCUT2D eigenvalue weighted by Gasteiger charge is 2.44. The van der Waals surface area contributed by atoms with Crippen LogP contribution in [0.2, 0.25) is 0 Å². The molecule has 1 fully saturated rings. The van der Waals surface area contributed by atoms with E-state index in [-0.39, 0.29) is 11.8 Å². The molecule has 0 radical (unpaired) electrons. The summed E-state index contributed by atoms with van der Waals surface area (Å²) < 4.78 is 5.37. The Morgan fingerprint density at radius 1 is 1.26 bits per heavy atom. The summed E-state index contributed by atoms with van der Waals surface area (Å²) >= 11 is 0. The number of likely N-dealkylation sites (tertiary alicyclic amines) is 1. The van der Waals surface area contributed by atoms with Crippen molar-refractivity contribution in [3.8, 4) is 5.75 Å². The molecule has 6 heteroatoms. The normalized spacial score (nSPS) is 21.6. The molecule has 2 atom stereocenters. The number of aromatic nitrogens is 1. The van der Waals surface area contributed by atoms with E-state index < -0.39 is 5.60 Å². The Morgan fingerprint density at radius 2 is 2.06 bits per heavy atom. The number of aromatic amines is 1. The second kappa shape index (κ2) is 8.73. The molecule has 1 aromatic heterocycles. The van der Waals surface area contributed by atoms with Crippen molar-refractivity contribution in [2.24, 2.45) is 5.92 Å². The van der Waals surface area contributed by atoms with Crippen LogP contribution in [0.3, 0.4) is 0 Å². The second-order valence-electron chi connectivity index (χ2n) is 8.74. The van der Waals surface area contributed by atoms with E-state index in [1.807, 2.05) is 73.7 Å². The summed E-state index contributed by atoms with van der Waals surface area (Å²) in [5.74, 6) is 0.726. The highest BCUT2D eigenvalue weighted by molar-refractivity contribution is 5.89. The number of piperidine rings is 1. The molecule has 1 amide bonds. The summed E-state index contributed by atoms with van der Waals surface area (Å²) in [6.07, 6.45) is 2.78. The standard InChI is InChI=1S/C25H31N3O3/c1-27(2)16-20-17-28(12-11-25(20,30)19-7-6-8-21(14-19)31-3)24(29)13-18-15-26-23-10-5-4-9-22(18)23/h4-10,14-15,20,26,30H,11-13,16-17H2,1-3H3. The molecular formula is C25H31N3O3. The van der Waals surface area contributed by atoms with Crippen LogP contribution in [0.25, 0.3) is 10.9 Å². The fourth-order valence-corrected chi connectivity index (χ4v) is 4.72. The van der Waals surface area contributed by atoms with Gasteiger partial charge in [-0.15, -0.1) is 0 Å². The summed E-state index contributed by atoms with van der Waals surface area (Å²) in [7, 11) is 5.63. The van der Waals surface area contributed by atoms with Gasteiger partial charge in [-0.1, -0.05) is 30.3 Å². The molecule has 164 valence electrons. The van der Waals surface area contributed by atoms with E-state index >= 15 is 0 Å². The number of nitrogens with zero attached hydrogens (tertiary/aromatic N) is 2. The molecule has 0 aliphatic carbocycles. The largest absolute Gasteiger partial charge is 0.497 e. The summed E-state index contributed by atoms with van der Waals surface area (Å²) in [6.45, 7) is 1.73. The third-order valence-electron chi connectivity index (χ3n) is 6.40. The topological polar surface area (TPSA) is 68.8 Å². The highest BCUT2D eigenvalue weighted by Crippen LogP contribution is 2.39. The van der Waals surface area contributed by atoms with Crippen molar-refractivity contribution in [3.05, 3.63) is 65.9 Å². The Kier molecular flexibility index (Phi) is 6.03. The lowest BCUT2D eigenvalue weighted by Crippen LogP contribution is -2.54. The van der Waals surface area contributed by atoms with Crippen LogP contribution in [0.4, 0.5) is 0 Å². The molecule has 2 heterocycles. The number of amides is 1. The average Bonchev–Trinajstić information content (AvgIpc) is 3.18. The first-order valence-electron chi connectivity index (χ1n) is 10.7. The monoisotopic (exact) mass is 421 g/mol. The number of ether oxygens (including phenoxy) is 1. The summed E-state index contributed by atoms with van der Waals surface area (Å²) in [5.41, 5.74) is 1.90. The molecule has 0 bridgehead atoms. The number of rotatable bonds is 6. The van der Waals surface area contributed by atoms with E-state index in [1.165, 1.54) is 0 Å². The van der Waals surface area contributed by atoms with Crippen molar-refractivity contribution < 1.29 is 14.6 Å². The van der Waals surface area contributed by atoms with Crippen molar-refractivity contribution in [3.63, 3.8) is 0 Å². The number of nitrogens with one attached hydrogen (secondary N) is 1. The zero-order valence-corrected chi connectivity index (χ0v) is 18.5. The number of carbonyl (C=O) groups is 1. The minimum atomic E-state index is -1.00. The Balaban J connectivity index is 1.55. The lowest BCUT2D eigenvalue weighted by atomic mass is 9.75. The molecule has 0 saturated carbocycles. The predicted octanol–water partition coefficient (Wildman–Crippen LogP) is 3.02. The molecule has 31 heavy (non-hydrogen) atoms. The maximum absolute atomic E-state index is 13.2. The first-order chi connectivity index (χ1) is 14.9. The van der Waals surface area contributed by atoms with Gasteiger partial charge in [-0.25, -0.2) is 0 Å². The van der Waals surface area contributed by atoms with Crippen LogP contribution in [0, 0.1) is 5.92 Å². The zero-order valence-electron chi connectivity index (χ0n) is 18.5. The molecule has 0 spiro atoms. The van der Waals surface area contributed by atoms with Gasteiger partial charge in [0.05, 0.1) is 19.1 Å². The molecule has 3 aromatic rings. The van der Waals surface area contributed by atoms with Crippen molar-refractivity contribution >= 4 is 16.8 Å². The number of hydrogen-bond acceptors (Lipinski definition) is 4. The maximum Gasteiger partial charge on any atom is 0.227 e. The van der Waals surface area contributed by atoms with Gasteiger partial charge in [-0.05, 0) is 49.8 Å². The van der Waals surface area contributed by atoms with Gasteiger partial charge in [0, 0.05) is 42.7 Å². The molecule has 2 N–H and O–H groups in total. The van der Waals surface area contributed by atoms with Crippen LogP contribution < -0.4 is 4.74 Å². The minimum absolute atomic E-state index is 0.0983. The van der Waals surface area contributed by atoms with Crippen molar-refractivity contribution in [2.45, 2.75) is 18.4 Å². The van der Waals surface area contributed by atoms with Gasteiger partial charge in [-0.3, -0.25) is 4.79 Å². The van der Waals surface area contributed by atoms with Gasteiger partial charge in [-0.2, -0.15) is 0 Å². The summed E-state index contributed by atoms with van der Waals surface area (Å²) in [5, 5.41) is 12.8. The first kappa shape index (κ1) is 21.4. The lowest BCUT2D eigenvalue weighted by molar-refractivity contribution is -0.141. The highest BCUT2D eigenvalue weighted by atomic mass is 16.5. The zero-order chi connectivity index (χ0) is 22.0. The van der Waals surface area contributed by atoms with Crippen molar-refractivity contribution in [1.29, 1.82) is 0 Å². The number of para-hydroxylation sites is 1. The third kappa shape index (κ3) is 4.31. The third-order valence-corrected chi connectivity index (χ3v) is 6.40. The number of carbonyl (C=O) groups excluding carboxylic acids is 1. The maximum atomic E-state index is 13.2. The van der Waals surface area contributed by atoms with Gasteiger partial charge >= 0.3 is 0 Å². The van der Waals surface area contributed by atoms with Gasteiger partial charge in [0.1, 0.15) is 5.75 Å². The Bertz CT molecular complexity index is 1060.